The van der Waals surface area contributed by atoms with Crippen LogP contribution >= 0.6 is 0 Å². The van der Waals surface area contributed by atoms with Crippen LogP contribution in [-0.4, -0.2) is 28.7 Å². The number of aliphatic hydroxyl groups excluding tert-OH is 1. The van der Waals surface area contributed by atoms with Gasteiger partial charge in [-0.15, -0.1) is 0 Å². The lowest BCUT2D eigenvalue weighted by Gasteiger charge is -1.85. The van der Waals surface area contributed by atoms with Crippen LogP contribution in [0.2, 0.25) is 0 Å². The zero-order valence-corrected chi connectivity index (χ0v) is 7.82. The third-order valence-electron chi connectivity index (χ3n) is 1.47. The molecule has 0 aromatic heterocycles. The first-order valence-electron chi connectivity index (χ1n) is 4.03. The summed E-state index contributed by atoms with van der Waals surface area (Å²) in [4.78, 5) is 19.4. The molecule has 5 nitrogen and oxygen atoms in total. The topological polar surface area (TPSA) is 83.8 Å². The second-order valence-electron chi connectivity index (χ2n) is 2.59. The molecule has 0 bridgehead atoms. The first kappa shape index (κ1) is 12.3. The molecule has 1 aliphatic heterocycles. The molecule has 0 spiro atoms. The fourth-order valence-electron chi connectivity index (χ4n) is 0.636. The van der Waals surface area contributed by atoms with Gasteiger partial charge in [0.2, 0.25) is 0 Å². The maximum atomic E-state index is 9.72. The van der Waals surface area contributed by atoms with E-state index < -0.39 is 5.97 Å². The highest BCUT2D eigenvalue weighted by molar-refractivity contribution is 5.85. The summed E-state index contributed by atoms with van der Waals surface area (Å²) in [7, 11) is 0. The summed E-state index contributed by atoms with van der Waals surface area (Å²) in [5, 5.41) is 15.9. The smallest absolute Gasteiger partial charge is 0.334 e. The van der Waals surface area contributed by atoms with Gasteiger partial charge in [-0.3, -0.25) is 0 Å². The molecule has 0 atom stereocenters. The van der Waals surface area contributed by atoms with Crippen molar-refractivity contribution in [1.82, 2.24) is 0 Å². The van der Waals surface area contributed by atoms with Crippen LogP contribution in [0.4, 0.5) is 0 Å². The normalized spacial score (nSPS) is 14.9. The lowest BCUT2D eigenvalue weighted by molar-refractivity contribution is -0.132. The summed E-state index contributed by atoms with van der Waals surface area (Å²) in [5.41, 5.74) is -0.0556. The third-order valence-corrected chi connectivity index (χ3v) is 1.47. The van der Waals surface area contributed by atoms with E-state index in [4.69, 9.17) is 14.9 Å². The van der Waals surface area contributed by atoms with E-state index in [2.05, 4.69) is 0 Å². The largest absolute Gasteiger partial charge is 0.515 e. The Balaban J connectivity index is 0.000000241. The predicted octanol–water partition coefficient (Wildman–Crippen LogP) is 1.05. The van der Waals surface area contributed by atoms with Gasteiger partial charge < -0.3 is 14.9 Å². The first-order valence-corrected chi connectivity index (χ1v) is 4.03. The molecule has 1 fully saturated rings. The number of carboxylic acid groups (broad SMARTS) is 1. The Hall–Kier alpha value is -1.74. The van der Waals surface area contributed by atoms with Crippen molar-refractivity contribution in [2.24, 2.45) is 0 Å². The molecule has 78 valence electrons. The van der Waals surface area contributed by atoms with Crippen LogP contribution in [0.3, 0.4) is 0 Å². The number of allylic oxidation sites excluding steroid dienone is 1. The van der Waals surface area contributed by atoms with Crippen LogP contribution in [0.25, 0.3) is 0 Å². The number of aliphatic carboxylic acids is 1. The second-order valence-corrected chi connectivity index (χ2v) is 2.59. The standard InChI is InChI=1S/C5H6O2.C4H6O3/c6-4-5-2-1-3-7-5;1-3(2-5)4(6)7/h1-3H2;2,5H,1H3,(H,6,7). The van der Waals surface area contributed by atoms with Crippen LogP contribution in [0.5, 0.6) is 0 Å². The fourth-order valence-corrected chi connectivity index (χ4v) is 0.636. The van der Waals surface area contributed by atoms with E-state index in [9.17, 15) is 9.59 Å². The molecular formula is C9H12O5. The van der Waals surface area contributed by atoms with Gasteiger partial charge in [-0.2, -0.15) is 0 Å². The average molecular weight is 200 g/mol. The van der Waals surface area contributed by atoms with Gasteiger partial charge in [0.1, 0.15) is 0 Å². The predicted molar refractivity (Wildman–Crippen MR) is 48.4 cm³/mol. The van der Waals surface area contributed by atoms with Gasteiger partial charge in [-0.25, -0.2) is 9.59 Å². The highest BCUT2D eigenvalue weighted by atomic mass is 16.5. The number of ether oxygens (including phenoxy) is 1. The van der Waals surface area contributed by atoms with E-state index >= 15 is 0 Å². The van der Waals surface area contributed by atoms with E-state index in [0.29, 0.717) is 18.6 Å². The monoisotopic (exact) mass is 200 g/mol. The van der Waals surface area contributed by atoms with Crippen molar-refractivity contribution < 1.29 is 24.5 Å². The molecule has 0 aromatic carbocycles. The molecular weight excluding hydrogens is 188 g/mol. The summed E-state index contributed by atoms with van der Waals surface area (Å²) in [6.45, 7) is 2.01. The quantitative estimate of drug-likeness (QED) is 0.375. The van der Waals surface area contributed by atoms with Gasteiger partial charge in [0.25, 0.3) is 0 Å². The summed E-state index contributed by atoms with van der Waals surface area (Å²) in [6.07, 6.45) is 2.32. The molecule has 14 heavy (non-hydrogen) atoms. The molecule has 0 unspecified atom stereocenters. The molecule has 1 heterocycles. The Morgan fingerprint density at radius 1 is 1.64 bits per heavy atom. The van der Waals surface area contributed by atoms with Crippen molar-refractivity contribution >= 4 is 11.9 Å². The minimum absolute atomic E-state index is 0.0556. The van der Waals surface area contributed by atoms with Crippen LogP contribution in [0, 0.1) is 0 Å². The fraction of sp³-hybridized carbons (Fsp3) is 0.444. The van der Waals surface area contributed by atoms with E-state index in [1.54, 1.807) is 5.94 Å². The number of carbonyl (C=O) groups is 1. The minimum Gasteiger partial charge on any atom is -0.515 e. The zero-order valence-electron chi connectivity index (χ0n) is 7.82. The summed E-state index contributed by atoms with van der Waals surface area (Å²) in [6, 6.07) is 0. The molecule has 1 saturated heterocycles. The lowest BCUT2D eigenvalue weighted by atomic mass is 10.3. The lowest BCUT2D eigenvalue weighted by Crippen LogP contribution is -1.94. The van der Waals surface area contributed by atoms with E-state index in [-0.39, 0.29) is 5.57 Å². The van der Waals surface area contributed by atoms with Gasteiger partial charge in [-0.05, 0) is 13.3 Å². The molecule has 0 aliphatic carbocycles. The Bertz CT molecular complexity index is 265. The zero-order chi connectivity index (χ0) is 11.0. The van der Waals surface area contributed by atoms with Crippen LogP contribution in [0.1, 0.15) is 19.8 Å². The van der Waals surface area contributed by atoms with Crippen molar-refractivity contribution in [3.63, 3.8) is 0 Å². The number of carboxylic acids is 1. The molecule has 0 radical (unpaired) electrons. The Morgan fingerprint density at radius 3 is 2.43 bits per heavy atom. The summed E-state index contributed by atoms with van der Waals surface area (Å²) < 4.78 is 4.80. The first-order chi connectivity index (χ1) is 6.61. The summed E-state index contributed by atoms with van der Waals surface area (Å²) >= 11 is 0. The van der Waals surface area contributed by atoms with Crippen LogP contribution < -0.4 is 0 Å². The van der Waals surface area contributed by atoms with Crippen molar-refractivity contribution in [1.29, 1.82) is 0 Å². The minimum atomic E-state index is -1.09. The third kappa shape index (κ3) is 5.00. The van der Waals surface area contributed by atoms with E-state index in [1.807, 2.05) is 0 Å². The molecule has 0 aromatic rings. The van der Waals surface area contributed by atoms with Crippen molar-refractivity contribution in [3.05, 3.63) is 17.6 Å². The number of rotatable bonds is 1. The molecule has 2 N–H and O–H groups in total. The van der Waals surface area contributed by atoms with E-state index in [1.165, 1.54) is 6.92 Å². The van der Waals surface area contributed by atoms with Crippen LogP contribution in [0.15, 0.2) is 17.6 Å². The van der Waals surface area contributed by atoms with Gasteiger partial charge in [0.15, 0.2) is 11.7 Å². The number of hydrogen-bond acceptors (Lipinski definition) is 4. The van der Waals surface area contributed by atoms with E-state index in [0.717, 1.165) is 12.8 Å². The molecule has 5 heteroatoms. The van der Waals surface area contributed by atoms with Crippen molar-refractivity contribution in [2.45, 2.75) is 19.8 Å². The van der Waals surface area contributed by atoms with Crippen molar-refractivity contribution in [2.75, 3.05) is 6.61 Å². The maximum Gasteiger partial charge on any atom is 0.334 e. The Labute approximate surface area is 81.3 Å². The molecule has 0 amide bonds. The van der Waals surface area contributed by atoms with Gasteiger partial charge in [0, 0.05) is 6.42 Å². The molecule has 1 aliphatic rings. The Kier molecular flexibility index (Phi) is 5.90. The highest BCUT2D eigenvalue weighted by Gasteiger charge is 2.06. The second kappa shape index (κ2) is 6.74. The van der Waals surface area contributed by atoms with Crippen LogP contribution in [-0.2, 0) is 14.3 Å². The van der Waals surface area contributed by atoms with Gasteiger partial charge in [0.05, 0.1) is 18.4 Å². The maximum absolute atomic E-state index is 9.72. The van der Waals surface area contributed by atoms with Crippen molar-refractivity contribution in [3.8, 4) is 0 Å². The average Bonchev–Trinajstić information content (AvgIpc) is 2.69. The highest BCUT2D eigenvalue weighted by Crippen LogP contribution is 2.11. The SMILES string of the molecule is CC(=CO)C(=O)O.O=C=C1CCCO1. The number of carbonyl (C=O) groups excluding carboxylic acids is 1. The summed E-state index contributed by atoms with van der Waals surface area (Å²) in [5.74, 6) is 1.10. The molecule has 0 saturated carbocycles. The molecule has 1 rings (SSSR count). The Morgan fingerprint density at radius 2 is 2.29 bits per heavy atom. The van der Waals surface area contributed by atoms with Gasteiger partial charge >= 0.3 is 5.97 Å². The van der Waals surface area contributed by atoms with Gasteiger partial charge in [-0.1, -0.05) is 0 Å². The number of aliphatic hydroxyl groups is 1. The number of hydrogen-bond donors (Lipinski definition) is 2.